The van der Waals surface area contributed by atoms with Crippen molar-refractivity contribution in [3.05, 3.63) is 83.9 Å². The number of hydrogen-bond acceptors (Lipinski definition) is 4. The van der Waals surface area contributed by atoms with Crippen LogP contribution in [0.3, 0.4) is 0 Å². The third kappa shape index (κ3) is 6.15. The molecule has 3 aromatic carbocycles. The zero-order chi connectivity index (χ0) is 22.1. The molecule has 0 saturated heterocycles. The first-order chi connectivity index (χ1) is 15.1. The Balaban J connectivity index is 1.81. The minimum atomic E-state index is -0.209. The van der Waals surface area contributed by atoms with Crippen LogP contribution in [-0.2, 0) is 13.1 Å². The van der Waals surface area contributed by atoms with Crippen molar-refractivity contribution in [3.8, 4) is 17.2 Å². The number of urea groups is 1. The Kier molecular flexibility index (Phi) is 7.76. The van der Waals surface area contributed by atoms with E-state index in [-0.39, 0.29) is 6.03 Å². The van der Waals surface area contributed by atoms with E-state index in [4.69, 9.17) is 14.2 Å². The molecule has 0 bridgehead atoms. The molecule has 0 heterocycles. The van der Waals surface area contributed by atoms with Gasteiger partial charge in [0, 0.05) is 13.1 Å². The lowest BCUT2D eigenvalue weighted by molar-refractivity contribution is 0.206. The number of ether oxygens (including phenoxy) is 3. The first-order valence-corrected chi connectivity index (χ1v) is 10.2. The number of hydrogen-bond donors (Lipinski definition) is 1. The van der Waals surface area contributed by atoms with E-state index < -0.39 is 0 Å². The largest absolute Gasteiger partial charge is 0.497 e. The molecule has 0 fully saturated rings. The molecule has 0 radical (unpaired) electrons. The lowest BCUT2D eigenvalue weighted by Crippen LogP contribution is -2.34. The molecule has 3 aromatic rings. The van der Waals surface area contributed by atoms with E-state index in [1.165, 1.54) is 0 Å². The van der Waals surface area contributed by atoms with Gasteiger partial charge in [0.25, 0.3) is 0 Å². The molecule has 2 amide bonds. The van der Waals surface area contributed by atoms with Gasteiger partial charge in [-0.05, 0) is 54.4 Å². The van der Waals surface area contributed by atoms with Gasteiger partial charge in [0.2, 0.25) is 0 Å². The fourth-order valence-electron chi connectivity index (χ4n) is 3.15. The van der Waals surface area contributed by atoms with E-state index in [0.717, 1.165) is 22.6 Å². The van der Waals surface area contributed by atoms with Gasteiger partial charge in [-0.1, -0.05) is 36.4 Å². The molecule has 0 saturated carbocycles. The molecule has 0 aliphatic carbocycles. The number of benzene rings is 3. The van der Waals surface area contributed by atoms with Gasteiger partial charge in [0.05, 0.1) is 26.5 Å². The molecule has 0 spiro atoms. The minimum Gasteiger partial charge on any atom is -0.497 e. The third-order valence-electron chi connectivity index (χ3n) is 4.78. The molecule has 3 rings (SSSR count). The summed E-state index contributed by atoms with van der Waals surface area (Å²) in [6, 6.07) is 22.6. The number of carbonyl (C=O) groups is 1. The van der Waals surface area contributed by atoms with E-state index in [2.05, 4.69) is 5.32 Å². The number of amides is 2. The van der Waals surface area contributed by atoms with Gasteiger partial charge in [0.15, 0.2) is 0 Å². The van der Waals surface area contributed by atoms with Crippen LogP contribution in [0.5, 0.6) is 17.2 Å². The van der Waals surface area contributed by atoms with Gasteiger partial charge in [-0.25, -0.2) is 4.79 Å². The van der Waals surface area contributed by atoms with E-state index in [1.54, 1.807) is 19.1 Å². The molecule has 1 N–H and O–H groups in total. The fourth-order valence-corrected chi connectivity index (χ4v) is 3.15. The van der Waals surface area contributed by atoms with Crippen LogP contribution < -0.4 is 19.5 Å². The Labute approximate surface area is 183 Å². The Hall–Kier alpha value is -3.67. The second-order valence-corrected chi connectivity index (χ2v) is 6.91. The van der Waals surface area contributed by atoms with Gasteiger partial charge < -0.3 is 24.4 Å². The third-order valence-corrected chi connectivity index (χ3v) is 4.78. The normalized spacial score (nSPS) is 10.3. The molecular weight excluding hydrogens is 392 g/mol. The fraction of sp³-hybridized carbons (Fsp3) is 0.240. The number of nitrogens with one attached hydrogen (secondary N) is 1. The number of rotatable bonds is 9. The van der Waals surface area contributed by atoms with Crippen LogP contribution in [0.25, 0.3) is 0 Å². The molecule has 6 heteroatoms. The molecule has 31 heavy (non-hydrogen) atoms. The Morgan fingerprint density at radius 2 is 1.32 bits per heavy atom. The van der Waals surface area contributed by atoms with Crippen molar-refractivity contribution in [2.45, 2.75) is 20.0 Å². The van der Waals surface area contributed by atoms with Gasteiger partial charge in [0.1, 0.15) is 17.2 Å². The van der Waals surface area contributed by atoms with Gasteiger partial charge >= 0.3 is 6.03 Å². The Bertz CT molecular complexity index is 922. The zero-order valence-corrected chi connectivity index (χ0v) is 18.1. The van der Waals surface area contributed by atoms with Crippen LogP contribution in [-0.4, -0.2) is 31.8 Å². The smallest absolute Gasteiger partial charge is 0.322 e. The van der Waals surface area contributed by atoms with E-state index in [9.17, 15) is 4.79 Å². The number of para-hydroxylation sites is 2. The molecule has 162 valence electrons. The molecule has 0 atom stereocenters. The highest BCUT2D eigenvalue weighted by Gasteiger charge is 2.17. The van der Waals surface area contributed by atoms with Crippen LogP contribution in [0.1, 0.15) is 18.1 Å². The summed E-state index contributed by atoms with van der Waals surface area (Å²) in [5, 5.41) is 2.99. The topological polar surface area (TPSA) is 60.0 Å². The molecule has 0 aromatic heterocycles. The average molecular weight is 421 g/mol. The standard InChI is InChI=1S/C25H28N2O4/c1-4-31-24-8-6-5-7-23(24)26-25(28)27(17-19-9-13-21(29-2)14-10-19)18-20-11-15-22(30-3)16-12-20/h5-16H,4,17-18H2,1-3H3,(H,26,28). The maximum atomic E-state index is 13.2. The van der Waals surface area contributed by atoms with Gasteiger partial charge in [-0.3, -0.25) is 0 Å². The highest BCUT2D eigenvalue weighted by Crippen LogP contribution is 2.25. The van der Waals surface area contributed by atoms with Crippen LogP contribution in [0, 0.1) is 0 Å². The molecule has 6 nitrogen and oxygen atoms in total. The Morgan fingerprint density at radius 3 is 1.81 bits per heavy atom. The molecular formula is C25H28N2O4. The predicted octanol–water partition coefficient (Wildman–Crippen LogP) is 5.34. The van der Waals surface area contributed by atoms with Crippen LogP contribution in [0.15, 0.2) is 72.8 Å². The van der Waals surface area contributed by atoms with Crippen molar-refractivity contribution in [1.82, 2.24) is 4.90 Å². The maximum Gasteiger partial charge on any atom is 0.322 e. The van der Waals surface area contributed by atoms with E-state index in [0.29, 0.717) is 31.1 Å². The van der Waals surface area contributed by atoms with Gasteiger partial charge in [-0.2, -0.15) is 0 Å². The van der Waals surface area contributed by atoms with Crippen molar-refractivity contribution >= 4 is 11.7 Å². The van der Waals surface area contributed by atoms with Crippen molar-refractivity contribution in [1.29, 1.82) is 0 Å². The number of carbonyl (C=O) groups excluding carboxylic acids is 1. The summed E-state index contributed by atoms with van der Waals surface area (Å²) in [6.45, 7) is 3.32. The highest BCUT2D eigenvalue weighted by molar-refractivity contribution is 5.91. The summed E-state index contributed by atoms with van der Waals surface area (Å²) in [7, 11) is 3.27. The van der Waals surface area contributed by atoms with Crippen molar-refractivity contribution in [2.75, 3.05) is 26.1 Å². The summed E-state index contributed by atoms with van der Waals surface area (Å²) in [6.07, 6.45) is 0. The summed E-state index contributed by atoms with van der Waals surface area (Å²) >= 11 is 0. The zero-order valence-electron chi connectivity index (χ0n) is 18.1. The second-order valence-electron chi connectivity index (χ2n) is 6.91. The summed E-state index contributed by atoms with van der Waals surface area (Å²) in [5.74, 6) is 2.20. The Morgan fingerprint density at radius 1 is 0.806 bits per heavy atom. The lowest BCUT2D eigenvalue weighted by atomic mass is 10.1. The van der Waals surface area contributed by atoms with Crippen LogP contribution >= 0.6 is 0 Å². The summed E-state index contributed by atoms with van der Waals surface area (Å²) < 4.78 is 16.1. The first kappa shape index (κ1) is 22.0. The van der Waals surface area contributed by atoms with E-state index >= 15 is 0 Å². The first-order valence-electron chi connectivity index (χ1n) is 10.2. The number of nitrogens with zero attached hydrogens (tertiary/aromatic N) is 1. The van der Waals surface area contributed by atoms with Crippen molar-refractivity contribution < 1.29 is 19.0 Å². The minimum absolute atomic E-state index is 0.209. The lowest BCUT2D eigenvalue weighted by Gasteiger charge is -2.24. The maximum absolute atomic E-state index is 13.2. The van der Waals surface area contributed by atoms with Crippen molar-refractivity contribution in [2.24, 2.45) is 0 Å². The summed E-state index contributed by atoms with van der Waals surface area (Å²) in [4.78, 5) is 15.0. The van der Waals surface area contributed by atoms with Crippen LogP contribution in [0.4, 0.5) is 10.5 Å². The predicted molar refractivity (Wildman–Crippen MR) is 122 cm³/mol. The number of anilines is 1. The second kappa shape index (κ2) is 10.9. The molecule has 0 aliphatic heterocycles. The summed E-state index contributed by atoms with van der Waals surface area (Å²) in [5.41, 5.74) is 2.65. The quantitative estimate of drug-likeness (QED) is 0.508. The average Bonchev–Trinajstić information content (AvgIpc) is 2.81. The monoisotopic (exact) mass is 420 g/mol. The number of methoxy groups -OCH3 is 2. The van der Waals surface area contributed by atoms with Crippen molar-refractivity contribution in [3.63, 3.8) is 0 Å². The molecule has 0 unspecified atom stereocenters. The highest BCUT2D eigenvalue weighted by atomic mass is 16.5. The van der Waals surface area contributed by atoms with E-state index in [1.807, 2.05) is 79.7 Å². The van der Waals surface area contributed by atoms with Gasteiger partial charge in [-0.15, -0.1) is 0 Å². The van der Waals surface area contributed by atoms with Crippen LogP contribution in [0.2, 0.25) is 0 Å². The SMILES string of the molecule is CCOc1ccccc1NC(=O)N(Cc1ccc(OC)cc1)Cc1ccc(OC)cc1. The molecule has 0 aliphatic rings.